The SMILES string of the molecule is CCOCCNC(=O)CN1CC[C@@H](N)C1. The van der Waals surface area contributed by atoms with Crippen molar-refractivity contribution >= 4 is 5.91 Å². The maximum atomic E-state index is 11.4. The summed E-state index contributed by atoms with van der Waals surface area (Å²) in [5.74, 6) is 0.0591. The second-order valence-corrected chi connectivity index (χ2v) is 3.83. The van der Waals surface area contributed by atoms with E-state index in [4.69, 9.17) is 10.5 Å². The van der Waals surface area contributed by atoms with Gasteiger partial charge in [0.05, 0.1) is 13.2 Å². The Morgan fingerprint density at radius 3 is 3.07 bits per heavy atom. The molecule has 1 amide bonds. The van der Waals surface area contributed by atoms with Crippen LogP contribution in [0, 0.1) is 0 Å². The van der Waals surface area contributed by atoms with E-state index in [1.807, 2.05) is 6.92 Å². The predicted octanol–water partition coefficient (Wildman–Crippen LogP) is -0.828. The maximum Gasteiger partial charge on any atom is 0.234 e. The van der Waals surface area contributed by atoms with Crippen molar-refractivity contribution in [2.75, 3.05) is 39.4 Å². The third-order valence-corrected chi connectivity index (χ3v) is 2.45. The number of nitrogens with zero attached hydrogens (tertiary/aromatic N) is 1. The van der Waals surface area contributed by atoms with Crippen LogP contribution in [0.2, 0.25) is 0 Å². The van der Waals surface area contributed by atoms with E-state index in [0.29, 0.717) is 26.3 Å². The van der Waals surface area contributed by atoms with E-state index >= 15 is 0 Å². The highest BCUT2D eigenvalue weighted by atomic mass is 16.5. The van der Waals surface area contributed by atoms with Gasteiger partial charge in [-0.2, -0.15) is 0 Å². The third kappa shape index (κ3) is 5.11. The third-order valence-electron chi connectivity index (χ3n) is 2.45. The maximum absolute atomic E-state index is 11.4. The summed E-state index contributed by atoms with van der Waals surface area (Å²) < 4.78 is 5.12. The lowest BCUT2D eigenvalue weighted by molar-refractivity contribution is -0.122. The lowest BCUT2D eigenvalue weighted by Gasteiger charge is -2.14. The molecule has 1 heterocycles. The number of carbonyl (C=O) groups is 1. The second kappa shape index (κ2) is 6.76. The molecule has 1 saturated heterocycles. The Hall–Kier alpha value is -0.650. The molecular formula is C10H21N3O2. The van der Waals surface area contributed by atoms with Gasteiger partial charge in [0, 0.05) is 32.3 Å². The fourth-order valence-corrected chi connectivity index (χ4v) is 1.67. The number of nitrogens with one attached hydrogen (secondary N) is 1. The van der Waals surface area contributed by atoms with Gasteiger partial charge < -0.3 is 15.8 Å². The van der Waals surface area contributed by atoms with Gasteiger partial charge in [0.2, 0.25) is 5.91 Å². The number of carbonyl (C=O) groups excluding carboxylic acids is 1. The molecule has 15 heavy (non-hydrogen) atoms. The molecule has 0 aromatic rings. The number of hydrogen-bond acceptors (Lipinski definition) is 4. The standard InChI is InChI=1S/C10H21N3O2/c1-2-15-6-4-12-10(14)8-13-5-3-9(11)7-13/h9H,2-8,11H2,1H3,(H,12,14)/t9-/m1/s1. The highest BCUT2D eigenvalue weighted by Crippen LogP contribution is 2.05. The number of likely N-dealkylation sites (tertiary alicyclic amines) is 1. The van der Waals surface area contributed by atoms with Gasteiger partial charge in [0.25, 0.3) is 0 Å². The molecule has 0 aromatic heterocycles. The molecule has 1 fully saturated rings. The highest BCUT2D eigenvalue weighted by Gasteiger charge is 2.20. The van der Waals surface area contributed by atoms with Gasteiger partial charge in [-0.3, -0.25) is 9.69 Å². The van der Waals surface area contributed by atoms with Crippen molar-refractivity contribution in [2.24, 2.45) is 5.73 Å². The first kappa shape index (κ1) is 12.4. The van der Waals surface area contributed by atoms with Crippen molar-refractivity contribution < 1.29 is 9.53 Å². The molecule has 88 valence electrons. The van der Waals surface area contributed by atoms with E-state index < -0.39 is 0 Å². The Kier molecular flexibility index (Phi) is 5.60. The summed E-state index contributed by atoms with van der Waals surface area (Å²) in [6.45, 7) is 6.03. The van der Waals surface area contributed by atoms with Crippen LogP contribution in [0.4, 0.5) is 0 Å². The van der Waals surface area contributed by atoms with E-state index in [0.717, 1.165) is 19.5 Å². The first-order chi connectivity index (χ1) is 7.22. The first-order valence-corrected chi connectivity index (χ1v) is 5.54. The highest BCUT2D eigenvalue weighted by molar-refractivity contribution is 5.78. The van der Waals surface area contributed by atoms with Crippen LogP contribution in [0.5, 0.6) is 0 Å². The Bertz CT molecular complexity index is 199. The van der Waals surface area contributed by atoms with Gasteiger partial charge in [0.15, 0.2) is 0 Å². The zero-order valence-electron chi connectivity index (χ0n) is 9.37. The van der Waals surface area contributed by atoms with Crippen LogP contribution in [0.1, 0.15) is 13.3 Å². The van der Waals surface area contributed by atoms with Gasteiger partial charge in [-0.05, 0) is 13.3 Å². The van der Waals surface area contributed by atoms with Gasteiger partial charge in [-0.15, -0.1) is 0 Å². The van der Waals surface area contributed by atoms with Crippen molar-refractivity contribution in [1.29, 1.82) is 0 Å². The summed E-state index contributed by atoms with van der Waals surface area (Å²) in [6.07, 6.45) is 0.992. The van der Waals surface area contributed by atoms with Crippen LogP contribution < -0.4 is 11.1 Å². The van der Waals surface area contributed by atoms with Gasteiger partial charge in [-0.1, -0.05) is 0 Å². The summed E-state index contributed by atoms with van der Waals surface area (Å²) in [6, 6.07) is 0.237. The Labute approximate surface area is 90.9 Å². The van der Waals surface area contributed by atoms with Crippen LogP contribution in [-0.2, 0) is 9.53 Å². The van der Waals surface area contributed by atoms with E-state index in [2.05, 4.69) is 10.2 Å². The van der Waals surface area contributed by atoms with Gasteiger partial charge >= 0.3 is 0 Å². The zero-order chi connectivity index (χ0) is 11.1. The van der Waals surface area contributed by atoms with Crippen LogP contribution in [0.3, 0.4) is 0 Å². The summed E-state index contributed by atoms with van der Waals surface area (Å²) in [5, 5.41) is 2.81. The van der Waals surface area contributed by atoms with Crippen molar-refractivity contribution in [3.63, 3.8) is 0 Å². The van der Waals surface area contributed by atoms with Crippen molar-refractivity contribution in [3.05, 3.63) is 0 Å². The molecule has 1 aliphatic heterocycles. The number of amides is 1. The van der Waals surface area contributed by atoms with Crippen molar-refractivity contribution in [1.82, 2.24) is 10.2 Å². The van der Waals surface area contributed by atoms with E-state index in [1.54, 1.807) is 0 Å². The average Bonchev–Trinajstić information content (AvgIpc) is 2.59. The molecule has 0 aliphatic carbocycles. The summed E-state index contributed by atoms with van der Waals surface area (Å²) >= 11 is 0. The smallest absolute Gasteiger partial charge is 0.234 e. The number of hydrogen-bond donors (Lipinski definition) is 2. The fraction of sp³-hybridized carbons (Fsp3) is 0.900. The largest absolute Gasteiger partial charge is 0.380 e. The molecule has 0 aromatic carbocycles. The quantitative estimate of drug-likeness (QED) is 0.568. The minimum absolute atomic E-state index is 0.0591. The fourth-order valence-electron chi connectivity index (χ4n) is 1.67. The van der Waals surface area contributed by atoms with Crippen LogP contribution in [0.15, 0.2) is 0 Å². The molecule has 0 unspecified atom stereocenters. The molecule has 0 saturated carbocycles. The minimum Gasteiger partial charge on any atom is -0.380 e. The topological polar surface area (TPSA) is 67.6 Å². The number of nitrogens with two attached hydrogens (primary N) is 1. The second-order valence-electron chi connectivity index (χ2n) is 3.83. The molecule has 3 N–H and O–H groups in total. The van der Waals surface area contributed by atoms with Crippen molar-refractivity contribution in [2.45, 2.75) is 19.4 Å². The summed E-state index contributed by atoms with van der Waals surface area (Å²) in [7, 11) is 0. The van der Waals surface area contributed by atoms with E-state index in [1.165, 1.54) is 0 Å². The average molecular weight is 215 g/mol. The van der Waals surface area contributed by atoms with Crippen molar-refractivity contribution in [3.8, 4) is 0 Å². The van der Waals surface area contributed by atoms with Crippen LogP contribution in [0.25, 0.3) is 0 Å². The van der Waals surface area contributed by atoms with E-state index in [-0.39, 0.29) is 11.9 Å². The molecule has 0 radical (unpaired) electrons. The molecule has 0 spiro atoms. The molecule has 0 bridgehead atoms. The molecule has 1 atom stereocenters. The first-order valence-electron chi connectivity index (χ1n) is 5.54. The Morgan fingerprint density at radius 1 is 1.67 bits per heavy atom. The molecule has 1 aliphatic rings. The zero-order valence-corrected chi connectivity index (χ0v) is 9.37. The summed E-state index contributed by atoms with van der Waals surface area (Å²) in [4.78, 5) is 13.5. The lowest BCUT2D eigenvalue weighted by atomic mass is 10.3. The monoisotopic (exact) mass is 215 g/mol. The molecule has 1 rings (SSSR count). The molecule has 5 heteroatoms. The minimum atomic E-state index is 0.0591. The normalized spacial score (nSPS) is 21.9. The van der Waals surface area contributed by atoms with Gasteiger partial charge in [-0.25, -0.2) is 0 Å². The number of rotatable bonds is 6. The Balaban J connectivity index is 2.03. The summed E-state index contributed by atoms with van der Waals surface area (Å²) in [5.41, 5.74) is 5.75. The Morgan fingerprint density at radius 2 is 2.47 bits per heavy atom. The van der Waals surface area contributed by atoms with Gasteiger partial charge in [0.1, 0.15) is 0 Å². The molecular weight excluding hydrogens is 194 g/mol. The van der Waals surface area contributed by atoms with Crippen LogP contribution >= 0.6 is 0 Å². The molecule has 5 nitrogen and oxygen atoms in total. The number of ether oxygens (including phenoxy) is 1. The van der Waals surface area contributed by atoms with E-state index in [9.17, 15) is 4.79 Å². The lowest BCUT2D eigenvalue weighted by Crippen LogP contribution is -2.38. The van der Waals surface area contributed by atoms with Crippen LogP contribution in [-0.4, -0.2) is 56.2 Å². The predicted molar refractivity (Wildman–Crippen MR) is 58.5 cm³/mol.